The van der Waals surface area contributed by atoms with E-state index in [1.54, 1.807) is 24.3 Å². The smallest absolute Gasteiger partial charge is 0.338 e. The van der Waals surface area contributed by atoms with Crippen molar-refractivity contribution in [1.29, 1.82) is 0 Å². The number of hydrogen-bond donors (Lipinski definition) is 1. The molecule has 0 bridgehead atoms. The van der Waals surface area contributed by atoms with Crippen LogP contribution in [0.2, 0.25) is 0 Å². The van der Waals surface area contributed by atoms with Gasteiger partial charge in [0.25, 0.3) is 5.91 Å². The van der Waals surface area contributed by atoms with Crippen LogP contribution < -0.4 is 5.32 Å². The van der Waals surface area contributed by atoms with Gasteiger partial charge in [-0.05, 0) is 36.8 Å². The van der Waals surface area contributed by atoms with E-state index < -0.39 is 27.8 Å². The van der Waals surface area contributed by atoms with Gasteiger partial charge >= 0.3 is 5.97 Å². The lowest BCUT2D eigenvalue weighted by atomic mass is 10.1. The molecule has 7 nitrogen and oxygen atoms in total. The maximum Gasteiger partial charge on any atom is 0.338 e. The number of carbonyl (C=O) groups excluding carboxylic acids is 2. The Morgan fingerprint density at radius 1 is 1.20 bits per heavy atom. The van der Waals surface area contributed by atoms with E-state index in [-0.39, 0.29) is 17.9 Å². The number of hydrogen-bond acceptors (Lipinski definition) is 6. The van der Waals surface area contributed by atoms with Crippen molar-refractivity contribution < 1.29 is 27.2 Å². The summed E-state index contributed by atoms with van der Waals surface area (Å²) in [5.74, 6) is -0.619. The molecule has 8 heteroatoms. The quantitative estimate of drug-likeness (QED) is 0.749. The molecule has 1 aromatic heterocycles. The van der Waals surface area contributed by atoms with Crippen molar-refractivity contribution in [3.8, 4) is 0 Å². The average molecular weight is 365 g/mol. The normalized spacial score (nSPS) is 12.4. The van der Waals surface area contributed by atoms with E-state index in [4.69, 9.17) is 9.15 Å². The van der Waals surface area contributed by atoms with E-state index in [0.29, 0.717) is 11.3 Å². The highest BCUT2D eigenvalue weighted by molar-refractivity contribution is 7.89. The number of amides is 1. The molecule has 0 saturated carbocycles. The second-order valence-corrected chi connectivity index (χ2v) is 7.75. The van der Waals surface area contributed by atoms with Crippen molar-refractivity contribution in [1.82, 2.24) is 5.32 Å². The Labute approximate surface area is 145 Å². The van der Waals surface area contributed by atoms with Crippen molar-refractivity contribution in [2.45, 2.75) is 25.3 Å². The van der Waals surface area contributed by atoms with Gasteiger partial charge < -0.3 is 14.5 Å². The third-order valence-electron chi connectivity index (χ3n) is 3.29. The van der Waals surface area contributed by atoms with E-state index >= 15 is 0 Å². The van der Waals surface area contributed by atoms with Gasteiger partial charge in [-0.2, -0.15) is 0 Å². The van der Waals surface area contributed by atoms with Crippen LogP contribution in [-0.2, 0) is 31.7 Å². The summed E-state index contributed by atoms with van der Waals surface area (Å²) in [6.45, 7) is 1.67. The summed E-state index contributed by atoms with van der Waals surface area (Å²) in [4.78, 5) is 24.0. The van der Waals surface area contributed by atoms with Crippen molar-refractivity contribution >= 4 is 21.7 Å². The van der Waals surface area contributed by atoms with Gasteiger partial charge in [0, 0.05) is 6.26 Å². The minimum Gasteiger partial charge on any atom is -0.467 e. The Bertz CT molecular complexity index is 825. The van der Waals surface area contributed by atoms with Gasteiger partial charge in [-0.25, -0.2) is 13.2 Å². The third kappa shape index (κ3) is 6.07. The van der Waals surface area contributed by atoms with Crippen molar-refractivity contribution in [3.05, 3.63) is 59.5 Å². The van der Waals surface area contributed by atoms with E-state index in [2.05, 4.69) is 5.32 Å². The summed E-state index contributed by atoms with van der Waals surface area (Å²) >= 11 is 0. The van der Waals surface area contributed by atoms with E-state index in [0.717, 1.165) is 6.26 Å². The molecular formula is C17H19NO6S. The molecule has 0 saturated heterocycles. The van der Waals surface area contributed by atoms with Crippen molar-refractivity contribution in [2.24, 2.45) is 0 Å². The minimum absolute atomic E-state index is 0.103. The number of ether oxygens (including phenoxy) is 1. The molecule has 1 N–H and O–H groups in total. The Balaban J connectivity index is 1.88. The molecule has 0 aliphatic rings. The first-order valence-electron chi connectivity index (χ1n) is 7.52. The largest absolute Gasteiger partial charge is 0.467 e. The molecule has 1 heterocycles. The van der Waals surface area contributed by atoms with E-state index in [9.17, 15) is 18.0 Å². The average Bonchev–Trinajstić information content (AvgIpc) is 3.05. The second kappa shape index (κ2) is 7.98. The summed E-state index contributed by atoms with van der Waals surface area (Å²) in [6.07, 6.45) is 1.66. The molecule has 0 fully saturated rings. The minimum atomic E-state index is -3.14. The van der Waals surface area contributed by atoms with Crippen LogP contribution in [0.25, 0.3) is 0 Å². The predicted octanol–water partition coefficient (Wildman–Crippen LogP) is 1.69. The van der Waals surface area contributed by atoms with Gasteiger partial charge in [0.1, 0.15) is 5.76 Å². The zero-order valence-electron chi connectivity index (χ0n) is 13.9. The molecule has 0 aliphatic carbocycles. The number of nitrogens with one attached hydrogen (secondary N) is 1. The van der Waals surface area contributed by atoms with Gasteiger partial charge in [0.05, 0.1) is 24.1 Å². The SMILES string of the molecule is C[C@@H](OC(=O)c1ccc(CS(C)(=O)=O)cc1)C(=O)NCc1ccco1. The van der Waals surface area contributed by atoms with Crippen LogP contribution in [0.15, 0.2) is 47.1 Å². The van der Waals surface area contributed by atoms with Crippen molar-refractivity contribution in [3.63, 3.8) is 0 Å². The summed E-state index contributed by atoms with van der Waals surface area (Å²) in [5.41, 5.74) is 0.811. The first-order chi connectivity index (χ1) is 11.7. The number of carbonyl (C=O) groups is 2. The van der Waals surface area contributed by atoms with Gasteiger partial charge in [0.15, 0.2) is 15.9 Å². The molecule has 25 heavy (non-hydrogen) atoms. The number of furan rings is 1. The zero-order valence-corrected chi connectivity index (χ0v) is 14.7. The fourth-order valence-corrected chi connectivity index (χ4v) is 2.85. The van der Waals surface area contributed by atoms with Crippen LogP contribution in [0.4, 0.5) is 0 Å². The molecule has 0 spiro atoms. The second-order valence-electron chi connectivity index (χ2n) is 5.61. The Kier molecular flexibility index (Phi) is 5.97. The third-order valence-corrected chi connectivity index (χ3v) is 4.15. The Morgan fingerprint density at radius 2 is 1.88 bits per heavy atom. The van der Waals surface area contributed by atoms with Crippen LogP contribution in [0.1, 0.15) is 28.6 Å². The molecule has 2 rings (SSSR count). The molecular weight excluding hydrogens is 346 g/mol. The topological polar surface area (TPSA) is 103 Å². The Hall–Kier alpha value is -2.61. The van der Waals surface area contributed by atoms with Gasteiger partial charge in [0.2, 0.25) is 0 Å². The zero-order chi connectivity index (χ0) is 18.4. The van der Waals surface area contributed by atoms with E-state index in [1.165, 1.54) is 25.3 Å². The molecule has 1 atom stereocenters. The lowest BCUT2D eigenvalue weighted by molar-refractivity contribution is -0.129. The van der Waals surface area contributed by atoms with Crippen molar-refractivity contribution in [2.75, 3.05) is 6.26 Å². The summed E-state index contributed by atoms with van der Waals surface area (Å²) < 4.78 is 32.7. The number of rotatable bonds is 7. The molecule has 1 aromatic carbocycles. The maximum absolute atomic E-state index is 12.1. The van der Waals surface area contributed by atoms with Crippen LogP contribution in [0.5, 0.6) is 0 Å². The highest BCUT2D eigenvalue weighted by atomic mass is 32.2. The molecule has 0 aliphatic heterocycles. The molecule has 1 amide bonds. The lowest BCUT2D eigenvalue weighted by Gasteiger charge is -2.13. The fraction of sp³-hybridized carbons (Fsp3) is 0.294. The fourth-order valence-electron chi connectivity index (χ4n) is 2.05. The highest BCUT2D eigenvalue weighted by Gasteiger charge is 2.19. The molecule has 134 valence electrons. The van der Waals surface area contributed by atoms with Crippen LogP contribution >= 0.6 is 0 Å². The van der Waals surface area contributed by atoms with Gasteiger partial charge in [-0.15, -0.1) is 0 Å². The summed E-state index contributed by atoms with van der Waals surface area (Å²) in [7, 11) is -3.14. The standard InChI is InChI=1S/C17H19NO6S/c1-12(16(19)18-10-15-4-3-9-23-15)24-17(20)14-7-5-13(6-8-14)11-25(2,21)22/h3-9,12H,10-11H2,1-2H3,(H,18,19)/t12-/m1/s1. The van der Waals surface area contributed by atoms with Crippen LogP contribution in [-0.4, -0.2) is 32.7 Å². The van der Waals surface area contributed by atoms with Crippen LogP contribution in [0.3, 0.4) is 0 Å². The number of sulfone groups is 1. The monoisotopic (exact) mass is 365 g/mol. The number of esters is 1. The molecule has 0 unspecified atom stereocenters. The summed E-state index contributed by atoms with van der Waals surface area (Å²) in [6, 6.07) is 9.44. The highest BCUT2D eigenvalue weighted by Crippen LogP contribution is 2.10. The Morgan fingerprint density at radius 3 is 2.44 bits per heavy atom. The molecule has 0 radical (unpaired) electrons. The van der Waals surface area contributed by atoms with Gasteiger partial charge in [-0.3, -0.25) is 4.79 Å². The lowest BCUT2D eigenvalue weighted by Crippen LogP contribution is -2.35. The number of benzene rings is 1. The summed E-state index contributed by atoms with van der Waals surface area (Å²) in [5, 5.41) is 2.60. The predicted molar refractivity (Wildman–Crippen MR) is 90.4 cm³/mol. The molecule has 2 aromatic rings. The van der Waals surface area contributed by atoms with Crippen LogP contribution in [0, 0.1) is 0 Å². The van der Waals surface area contributed by atoms with E-state index in [1.807, 2.05) is 0 Å². The first kappa shape index (κ1) is 18.7. The van der Waals surface area contributed by atoms with Gasteiger partial charge in [-0.1, -0.05) is 12.1 Å². The maximum atomic E-state index is 12.1. The first-order valence-corrected chi connectivity index (χ1v) is 9.58.